The second-order valence-corrected chi connectivity index (χ2v) is 4.58. The lowest BCUT2D eigenvalue weighted by Crippen LogP contribution is -2.47. The zero-order valence-electron chi connectivity index (χ0n) is 10.6. The highest BCUT2D eigenvalue weighted by atomic mass is 19.1. The van der Waals surface area contributed by atoms with Gasteiger partial charge in [-0.25, -0.2) is 10.2 Å². The van der Waals surface area contributed by atoms with Gasteiger partial charge in [-0.05, 0) is 39.5 Å². The number of hydrogen-bond acceptors (Lipinski definition) is 4. The van der Waals surface area contributed by atoms with Crippen LogP contribution in [0.2, 0.25) is 0 Å². The quantitative estimate of drug-likeness (QED) is 0.583. The zero-order chi connectivity index (χ0) is 13.1. The number of hydrogen-bond donors (Lipinski definition) is 2. The smallest absolute Gasteiger partial charge is 0.210 e. The normalized spacial score (nSPS) is 30.6. The molecule has 0 saturated heterocycles. The van der Waals surface area contributed by atoms with Gasteiger partial charge in [0.05, 0.1) is 5.70 Å². The maximum absolute atomic E-state index is 14.9. The molecule has 0 aromatic carbocycles. The molecule has 0 amide bonds. The van der Waals surface area contributed by atoms with Gasteiger partial charge in [0.2, 0.25) is 5.67 Å². The van der Waals surface area contributed by atoms with Crippen LogP contribution in [0.15, 0.2) is 11.4 Å². The number of ketones is 1. The van der Waals surface area contributed by atoms with Crippen molar-refractivity contribution in [1.82, 2.24) is 5.01 Å². The third kappa shape index (κ3) is 2.77. The number of rotatable bonds is 3. The van der Waals surface area contributed by atoms with E-state index in [1.54, 1.807) is 6.92 Å². The Hall–Kier alpha value is -1.10. The summed E-state index contributed by atoms with van der Waals surface area (Å²) in [5.41, 5.74) is 4.47. The van der Waals surface area contributed by atoms with Gasteiger partial charge >= 0.3 is 0 Å². The van der Waals surface area contributed by atoms with Crippen LogP contribution in [0.1, 0.15) is 46.0 Å². The lowest BCUT2D eigenvalue weighted by atomic mass is 9.86. The van der Waals surface area contributed by atoms with Crippen LogP contribution in [0.4, 0.5) is 4.39 Å². The molecule has 4 N–H and O–H groups in total. The fraction of sp³-hybridized carbons (Fsp3) is 0.750. The number of Topliss-reactive ketones (excluding diaryl/α,β-unsaturated/α-hetero) is 1. The molecule has 17 heavy (non-hydrogen) atoms. The van der Waals surface area contributed by atoms with Crippen LogP contribution in [0.5, 0.6) is 0 Å². The molecule has 0 radical (unpaired) electrons. The van der Waals surface area contributed by atoms with Crippen LogP contribution < -0.4 is 11.6 Å². The van der Waals surface area contributed by atoms with Crippen LogP contribution in [-0.2, 0) is 4.79 Å². The first-order valence-corrected chi connectivity index (χ1v) is 6.14. The van der Waals surface area contributed by atoms with Crippen molar-refractivity contribution in [2.45, 2.75) is 51.6 Å². The lowest BCUT2D eigenvalue weighted by Gasteiger charge is -2.34. The van der Waals surface area contributed by atoms with E-state index in [4.69, 9.17) is 11.6 Å². The van der Waals surface area contributed by atoms with Crippen molar-refractivity contribution in [1.29, 1.82) is 0 Å². The monoisotopic (exact) mass is 243 g/mol. The number of carbonyl (C=O) groups is 1. The average molecular weight is 243 g/mol. The fourth-order valence-electron chi connectivity index (χ4n) is 2.27. The summed E-state index contributed by atoms with van der Waals surface area (Å²) in [4.78, 5) is 11.6. The molecule has 0 fully saturated rings. The van der Waals surface area contributed by atoms with Gasteiger partial charge in [-0.1, -0.05) is 6.42 Å². The molecule has 1 unspecified atom stereocenters. The van der Waals surface area contributed by atoms with Crippen LogP contribution >= 0.6 is 0 Å². The Bertz CT molecular complexity index is 330. The molecular formula is C12H22FN3O. The summed E-state index contributed by atoms with van der Waals surface area (Å²) in [7, 11) is 0. The second kappa shape index (κ2) is 5.49. The van der Waals surface area contributed by atoms with Crippen molar-refractivity contribution in [3.8, 4) is 0 Å². The first-order valence-electron chi connectivity index (χ1n) is 6.14. The first kappa shape index (κ1) is 14.0. The third-order valence-corrected chi connectivity index (χ3v) is 3.33. The highest BCUT2D eigenvalue weighted by molar-refractivity contribution is 5.88. The Morgan fingerprint density at radius 2 is 2.12 bits per heavy atom. The molecule has 0 spiro atoms. The van der Waals surface area contributed by atoms with Crippen LogP contribution in [0.25, 0.3) is 0 Å². The van der Waals surface area contributed by atoms with E-state index in [-0.39, 0.29) is 12.1 Å². The molecule has 0 aromatic heterocycles. The summed E-state index contributed by atoms with van der Waals surface area (Å²) in [6.07, 6.45) is 3.27. The van der Waals surface area contributed by atoms with E-state index in [0.29, 0.717) is 25.1 Å². The fourth-order valence-corrected chi connectivity index (χ4v) is 2.27. The summed E-state index contributed by atoms with van der Waals surface area (Å²) < 4.78 is 14.9. The highest BCUT2D eigenvalue weighted by Gasteiger charge is 2.43. The molecule has 5 heteroatoms. The summed E-state index contributed by atoms with van der Waals surface area (Å²) in [5.74, 6) is 5.26. The third-order valence-electron chi connectivity index (χ3n) is 3.33. The number of nitrogens with two attached hydrogens (primary N) is 2. The van der Waals surface area contributed by atoms with Crippen molar-refractivity contribution in [2.75, 3.05) is 6.54 Å². The second-order valence-electron chi connectivity index (χ2n) is 4.58. The largest absolute Gasteiger partial charge is 0.400 e. The molecule has 0 saturated carbocycles. The summed E-state index contributed by atoms with van der Waals surface area (Å²) >= 11 is 0. The molecule has 0 aliphatic heterocycles. The van der Waals surface area contributed by atoms with Gasteiger partial charge in [-0.2, -0.15) is 0 Å². The number of alkyl halides is 1. The van der Waals surface area contributed by atoms with Gasteiger partial charge in [0, 0.05) is 12.2 Å². The minimum absolute atomic E-state index is 0.173. The van der Waals surface area contributed by atoms with E-state index in [0.717, 1.165) is 12.8 Å². The topological polar surface area (TPSA) is 72.3 Å². The summed E-state index contributed by atoms with van der Waals surface area (Å²) in [6.45, 7) is 3.49. The van der Waals surface area contributed by atoms with Crippen molar-refractivity contribution in [2.24, 2.45) is 11.6 Å². The van der Waals surface area contributed by atoms with E-state index in [2.05, 4.69) is 0 Å². The van der Waals surface area contributed by atoms with Crippen molar-refractivity contribution in [3.05, 3.63) is 11.4 Å². The van der Waals surface area contributed by atoms with E-state index < -0.39 is 11.5 Å². The number of halogens is 1. The van der Waals surface area contributed by atoms with Gasteiger partial charge in [0.1, 0.15) is 0 Å². The predicted molar refractivity (Wildman–Crippen MR) is 65.4 cm³/mol. The van der Waals surface area contributed by atoms with Gasteiger partial charge in [-0.15, -0.1) is 0 Å². The molecule has 0 aromatic rings. The maximum Gasteiger partial charge on any atom is 0.210 e. The minimum Gasteiger partial charge on any atom is -0.400 e. The number of nitrogens with zero attached hydrogens (tertiary/aromatic N) is 1. The molecule has 1 aliphatic rings. The molecular weight excluding hydrogens is 221 g/mol. The first-order chi connectivity index (χ1) is 7.93. The minimum atomic E-state index is -2.02. The Morgan fingerprint density at radius 3 is 2.65 bits per heavy atom. The Morgan fingerprint density at radius 1 is 1.47 bits per heavy atom. The molecule has 1 aliphatic carbocycles. The van der Waals surface area contributed by atoms with E-state index in [9.17, 15) is 9.18 Å². The average Bonchev–Trinajstić information content (AvgIpc) is 2.26. The Labute approximate surface area is 102 Å². The van der Waals surface area contributed by atoms with Gasteiger partial charge in [0.15, 0.2) is 5.78 Å². The molecule has 0 bridgehead atoms. The molecule has 0 heterocycles. The Kier molecular flexibility index (Phi) is 4.51. The SMILES string of the molecule is CCN(N)/C1=C(\N)CCCCCC1(F)C(C)=O. The standard InChI is InChI=1S/C12H22FN3O/c1-3-16(15)11-10(14)7-5-4-6-8-12(11,13)9(2)17/h3-8,14-15H2,1-2H3/b11-10-. The number of carbonyl (C=O) groups excluding carboxylic acids is 1. The number of allylic oxidation sites excluding steroid dienone is 2. The lowest BCUT2D eigenvalue weighted by molar-refractivity contribution is -0.127. The van der Waals surface area contributed by atoms with Crippen LogP contribution in [-0.4, -0.2) is 23.0 Å². The van der Waals surface area contributed by atoms with Gasteiger partial charge < -0.3 is 10.7 Å². The number of hydrazine groups is 1. The maximum atomic E-state index is 14.9. The van der Waals surface area contributed by atoms with Crippen molar-refractivity contribution in [3.63, 3.8) is 0 Å². The van der Waals surface area contributed by atoms with E-state index in [1.807, 2.05) is 0 Å². The van der Waals surface area contributed by atoms with Gasteiger partial charge in [0.25, 0.3) is 0 Å². The van der Waals surface area contributed by atoms with Crippen molar-refractivity contribution < 1.29 is 9.18 Å². The van der Waals surface area contributed by atoms with Crippen LogP contribution in [0.3, 0.4) is 0 Å². The zero-order valence-corrected chi connectivity index (χ0v) is 10.6. The predicted octanol–water partition coefficient (Wildman–Crippen LogP) is 1.61. The van der Waals surface area contributed by atoms with Crippen molar-refractivity contribution >= 4 is 5.78 Å². The molecule has 4 nitrogen and oxygen atoms in total. The van der Waals surface area contributed by atoms with E-state index >= 15 is 0 Å². The van der Waals surface area contributed by atoms with Crippen LogP contribution in [0, 0.1) is 0 Å². The highest BCUT2D eigenvalue weighted by Crippen LogP contribution is 2.35. The van der Waals surface area contributed by atoms with E-state index in [1.165, 1.54) is 11.9 Å². The van der Waals surface area contributed by atoms with Gasteiger partial charge in [-0.3, -0.25) is 4.79 Å². The molecule has 1 atom stereocenters. The molecule has 98 valence electrons. The molecule has 1 rings (SSSR count). The summed E-state index contributed by atoms with van der Waals surface area (Å²) in [6, 6.07) is 0. The Balaban J connectivity index is 3.23. The summed E-state index contributed by atoms with van der Waals surface area (Å²) in [5, 5.41) is 1.27.